The van der Waals surface area contributed by atoms with Gasteiger partial charge >= 0.3 is 0 Å². The molecule has 0 fully saturated rings. The summed E-state index contributed by atoms with van der Waals surface area (Å²) in [5, 5.41) is 16.1. The molecule has 0 saturated heterocycles. The lowest BCUT2D eigenvalue weighted by Gasteiger charge is -2.09. The molecule has 9 heteroatoms. The number of para-hydroxylation sites is 1. The van der Waals surface area contributed by atoms with Gasteiger partial charge in [0.25, 0.3) is 11.8 Å². The molecule has 0 aliphatic carbocycles. The van der Waals surface area contributed by atoms with Gasteiger partial charge in [-0.2, -0.15) is 0 Å². The van der Waals surface area contributed by atoms with Crippen molar-refractivity contribution in [3.05, 3.63) is 69.3 Å². The molecule has 0 aliphatic heterocycles. The second-order valence-electron chi connectivity index (χ2n) is 6.35. The van der Waals surface area contributed by atoms with Gasteiger partial charge in [-0.15, -0.1) is 11.3 Å². The Kier molecular flexibility index (Phi) is 6.91. The van der Waals surface area contributed by atoms with E-state index in [0.717, 1.165) is 11.3 Å². The molecule has 1 heterocycles. The summed E-state index contributed by atoms with van der Waals surface area (Å²) in [6.07, 6.45) is 0.590. The Hall–Kier alpha value is -3.10. The van der Waals surface area contributed by atoms with E-state index in [2.05, 4.69) is 15.6 Å². The molecule has 0 spiro atoms. The number of nitrogens with zero attached hydrogens (tertiary/aromatic N) is 1. The van der Waals surface area contributed by atoms with Crippen molar-refractivity contribution < 1.29 is 19.4 Å². The molecule has 0 atom stereocenters. The van der Waals surface area contributed by atoms with Gasteiger partial charge in [-0.05, 0) is 43.2 Å². The first kappa shape index (κ1) is 21.6. The monoisotopic (exact) mass is 445 g/mol. The molecular weight excluding hydrogens is 426 g/mol. The number of ether oxygens (including phenoxy) is 1. The van der Waals surface area contributed by atoms with Crippen molar-refractivity contribution in [2.75, 3.05) is 19.0 Å². The number of hydrogen-bond acceptors (Lipinski definition) is 6. The van der Waals surface area contributed by atoms with Crippen LogP contribution in [0, 0.1) is 6.92 Å². The highest BCUT2D eigenvalue weighted by atomic mass is 35.5. The number of carbonyl (C=O) groups is 2. The molecule has 1 aromatic heterocycles. The van der Waals surface area contributed by atoms with Crippen molar-refractivity contribution in [1.29, 1.82) is 0 Å². The Bertz CT molecular complexity index is 1080. The van der Waals surface area contributed by atoms with E-state index in [1.807, 2.05) is 24.3 Å². The molecule has 0 radical (unpaired) electrons. The van der Waals surface area contributed by atoms with Crippen molar-refractivity contribution in [3.63, 3.8) is 0 Å². The van der Waals surface area contributed by atoms with Gasteiger partial charge in [0.15, 0.2) is 5.69 Å². The third kappa shape index (κ3) is 5.08. The molecule has 3 N–H and O–H groups in total. The number of methoxy groups -OCH3 is 1. The van der Waals surface area contributed by atoms with Crippen molar-refractivity contribution in [3.8, 4) is 11.5 Å². The first-order valence-corrected chi connectivity index (χ1v) is 10.3. The number of aryl methyl sites for hydroxylation is 1. The normalized spacial score (nSPS) is 10.5. The number of hydrogen-bond donors (Lipinski definition) is 3. The van der Waals surface area contributed by atoms with Gasteiger partial charge in [-0.1, -0.05) is 29.8 Å². The highest BCUT2D eigenvalue weighted by Crippen LogP contribution is 2.27. The summed E-state index contributed by atoms with van der Waals surface area (Å²) >= 11 is 7.07. The predicted octanol–water partition coefficient (Wildman–Crippen LogP) is 4.04. The summed E-state index contributed by atoms with van der Waals surface area (Å²) in [4.78, 5) is 29.4. The number of aromatic nitrogens is 1. The van der Waals surface area contributed by atoms with E-state index in [0.29, 0.717) is 23.0 Å². The van der Waals surface area contributed by atoms with Crippen molar-refractivity contribution in [2.24, 2.45) is 0 Å². The van der Waals surface area contributed by atoms with Crippen LogP contribution < -0.4 is 15.4 Å². The number of carbonyl (C=O) groups excluding carboxylic acids is 2. The van der Waals surface area contributed by atoms with Gasteiger partial charge in [0.2, 0.25) is 0 Å². The number of nitrogens with one attached hydrogen (secondary N) is 2. The Morgan fingerprint density at radius 3 is 2.70 bits per heavy atom. The van der Waals surface area contributed by atoms with Crippen LogP contribution in [0.4, 0.5) is 5.00 Å². The molecule has 0 saturated carbocycles. The number of thiazole rings is 1. The maximum Gasteiger partial charge on any atom is 0.272 e. The first-order valence-electron chi connectivity index (χ1n) is 9.06. The van der Waals surface area contributed by atoms with E-state index in [4.69, 9.17) is 16.3 Å². The summed E-state index contributed by atoms with van der Waals surface area (Å²) in [6.45, 7) is 2.14. The SMILES string of the molecule is COc1ccccc1CCNC(=O)c1nc(C)sc1NC(=O)c1ccc(O)c(Cl)c1. The first-order chi connectivity index (χ1) is 14.4. The zero-order valence-electron chi connectivity index (χ0n) is 16.4. The molecule has 30 heavy (non-hydrogen) atoms. The summed E-state index contributed by atoms with van der Waals surface area (Å²) < 4.78 is 5.32. The van der Waals surface area contributed by atoms with Crippen LogP contribution in [-0.4, -0.2) is 35.6 Å². The zero-order valence-corrected chi connectivity index (χ0v) is 17.9. The van der Waals surface area contributed by atoms with Crippen LogP contribution in [0.25, 0.3) is 0 Å². The summed E-state index contributed by atoms with van der Waals surface area (Å²) in [7, 11) is 1.60. The number of phenols is 1. The molecule has 2 aromatic carbocycles. The van der Waals surface area contributed by atoms with Gasteiger partial charge in [0.05, 0.1) is 17.1 Å². The van der Waals surface area contributed by atoms with E-state index in [1.165, 1.54) is 29.5 Å². The van der Waals surface area contributed by atoms with Gasteiger partial charge in [0, 0.05) is 12.1 Å². The van der Waals surface area contributed by atoms with E-state index in [9.17, 15) is 14.7 Å². The quantitative estimate of drug-likeness (QED) is 0.509. The average Bonchev–Trinajstić information content (AvgIpc) is 3.10. The number of aromatic hydroxyl groups is 1. The average molecular weight is 446 g/mol. The van der Waals surface area contributed by atoms with Gasteiger partial charge in [0.1, 0.15) is 16.5 Å². The second kappa shape index (κ2) is 9.60. The summed E-state index contributed by atoms with van der Waals surface area (Å²) in [5.41, 5.74) is 1.38. The fourth-order valence-electron chi connectivity index (χ4n) is 2.79. The van der Waals surface area contributed by atoms with Gasteiger partial charge in [-0.3, -0.25) is 9.59 Å². The molecular formula is C21H20ClN3O4S. The molecule has 3 rings (SSSR count). The zero-order chi connectivity index (χ0) is 21.7. The van der Waals surface area contributed by atoms with E-state index >= 15 is 0 Å². The van der Waals surface area contributed by atoms with Gasteiger partial charge in [-0.25, -0.2) is 4.98 Å². The van der Waals surface area contributed by atoms with Crippen LogP contribution in [0.1, 0.15) is 31.4 Å². The fourth-order valence-corrected chi connectivity index (χ4v) is 3.78. The van der Waals surface area contributed by atoms with Crippen LogP contribution in [0.2, 0.25) is 5.02 Å². The molecule has 0 bridgehead atoms. The van der Waals surface area contributed by atoms with Crippen LogP contribution in [-0.2, 0) is 6.42 Å². The molecule has 7 nitrogen and oxygen atoms in total. The third-order valence-corrected chi connectivity index (χ3v) is 5.45. The second-order valence-corrected chi connectivity index (χ2v) is 7.96. The minimum absolute atomic E-state index is 0.0671. The smallest absolute Gasteiger partial charge is 0.272 e. The standard InChI is InChI=1S/C21H20ClN3O4S/c1-12-24-18(20(28)23-10-9-13-5-3-4-6-17(13)29-2)21(30-12)25-19(27)14-7-8-16(26)15(22)11-14/h3-8,11,26H,9-10H2,1-2H3,(H,23,28)(H,25,27). The highest BCUT2D eigenvalue weighted by Gasteiger charge is 2.20. The number of benzene rings is 2. The fraction of sp³-hybridized carbons (Fsp3) is 0.190. The highest BCUT2D eigenvalue weighted by molar-refractivity contribution is 7.16. The Balaban J connectivity index is 1.67. The molecule has 2 amide bonds. The summed E-state index contributed by atoms with van der Waals surface area (Å²) in [5.74, 6) is -0.189. The molecule has 156 valence electrons. The topological polar surface area (TPSA) is 101 Å². The number of amides is 2. The van der Waals surface area contributed by atoms with E-state index < -0.39 is 5.91 Å². The predicted molar refractivity (Wildman–Crippen MR) is 117 cm³/mol. The number of phenolic OH excluding ortho intramolecular Hbond substituents is 1. The van der Waals surface area contributed by atoms with Crippen molar-refractivity contribution >= 4 is 39.8 Å². The molecule has 0 unspecified atom stereocenters. The van der Waals surface area contributed by atoms with Crippen LogP contribution in [0.15, 0.2) is 42.5 Å². The van der Waals surface area contributed by atoms with E-state index in [-0.39, 0.29) is 27.9 Å². The molecule has 3 aromatic rings. The van der Waals surface area contributed by atoms with Crippen LogP contribution in [0.5, 0.6) is 11.5 Å². The van der Waals surface area contributed by atoms with Crippen LogP contribution in [0.3, 0.4) is 0 Å². The van der Waals surface area contributed by atoms with Crippen molar-refractivity contribution in [1.82, 2.24) is 10.3 Å². The maximum atomic E-state index is 12.6. The van der Waals surface area contributed by atoms with E-state index in [1.54, 1.807) is 14.0 Å². The minimum atomic E-state index is -0.455. The maximum absolute atomic E-state index is 12.6. The largest absolute Gasteiger partial charge is 0.506 e. The third-order valence-electron chi connectivity index (χ3n) is 4.26. The minimum Gasteiger partial charge on any atom is -0.506 e. The van der Waals surface area contributed by atoms with Crippen molar-refractivity contribution in [2.45, 2.75) is 13.3 Å². The lowest BCUT2D eigenvalue weighted by Crippen LogP contribution is -2.27. The Morgan fingerprint density at radius 1 is 1.20 bits per heavy atom. The lowest BCUT2D eigenvalue weighted by molar-refractivity contribution is 0.0950. The number of rotatable bonds is 7. The van der Waals surface area contributed by atoms with Crippen LogP contribution >= 0.6 is 22.9 Å². The summed E-state index contributed by atoms with van der Waals surface area (Å²) in [6, 6.07) is 11.7. The Labute approximate surface area is 182 Å². The lowest BCUT2D eigenvalue weighted by atomic mass is 10.1. The Morgan fingerprint density at radius 2 is 1.97 bits per heavy atom. The van der Waals surface area contributed by atoms with Gasteiger partial charge < -0.3 is 20.5 Å². The molecule has 0 aliphatic rings. The number of anilines is 1. The number of halogens is 1.